The summed E-state index contributed by atoms with van der Waals surface area (Å²) in [7, 11) is 0. The summed E-state index contributed by atoms with van der Waals surface area (Å²) < 4.78 is 12.7. The van der Waals surface area contributed by atoms with Crippen LogP contribution in [0.2, 0.25) is 0 Å². The topological polar surface area (TPSA) is 119 Å². The van der Waals surface area contributed by atoms with Crippen LogP contribution in [0.3, 0.4) is 0 Å². The summed E-state index contributed by atoms with van der Waals surface area (Å²) in [6.45, 7) is 2.19. The number of carbonyl (C=O) groups excluding carboxylic acids is 3. The second-order valence-corrected chi connectivity index (χ2v) is 9.58. The number of barbiturate groups is 1. The second-order valence-electron chi connectivity index (χ2n) is 9.58. The van der Waals surface area contributed by atoms with E-state index < -0.39 is 23.3 Å². The zero-order valence-corrected chi connectivity index (χ0v) is 18.4. The minimum atomic E-state index is -1.48. The van der Waals surface area contributed by atoms with E-state index in [0.29, 0.717) is 31.1 Å². The Hall–Kier alpha value is -3.66. The first-order valence-electron chi connectivity index (χ1n) is 11.4. The molecule has 2 atom stereocenters. The molecular formula is C24H24N4O6. The van der Waals surface area contributed by atoms with Crippen molar-refractivity contribution < 1.29 is 23.9 Å². The molecule has 6 rings (SSSR count). The van der Waals surface area contributed by atoms with Gasteiger partial charge < -0.3 is 18.9 Å². The number of piperidine rings is 1. The van der Waals surface area contributed by atoms with Crippen LogP contribution in [0.4, 0.5) is 4.79 Å². The number of urea groups is 1. The molecule has 2 aromatic rings. The fourth-order valence-electron chi connectivity index (χ4n) is 5.85. The van der Waals surface area contributed by atoms with Crippen molar-refractivity contribution in [3.8, 4) is 11.5 Å². The van der Waals surface area contributed by atoms with Gasteiger partial charge in [-0.3, -0.25) is 25.0 Å². The number of carbonyl (C=O) groups is 3. The third kappa shape index (κ3) is 3.37. The summed E-state index contributed by atoms with van der Waals surface area (Å²) in [6.07, 6.45) is 1.07. The van der Waals surface area contributed by atoms with Crippen molar-refractivity contribution >= 4 is 17.8 Å². The molecule has 1 aromatic heterocycles. The van der Waals surface area contributed by atoms with Crippen LogP contribution < -0.4 is 25.7 Å². The third-order valence-electron chi connectivity index (χ3n) is 7.32. The summed E-state index contributed by atoms with van der Waals surface area (Å²) in [5, 5.41) is 4.60. The van der Waals surface area contributed by atoms with Gasteiger partial charge in [-0.05, 0) is 42.5 Å². The number of imide groups is 2. The molecule has 34 heavy (non-hydrogen) atoms. The number of aromatic nitrogens is 1. The summed E-state index contributed by atoms with van der Waals surface area (Å²) >= 11 is 0. The monoisotopic (exact) mass is 464 g/mol. The molecule has 2 bridgehead atoms. The smallest absolute Gasteiger partial charge is 0.328 e. The van der Waals surface area contributed by atoms with E-state index in [1.165, 1.54) is 0 Å². The van der Waals surface area contributed by atoms with Crippen molar-refractivity contribution in [1.82, 2.24) is 20.1 Å². The van der Waals surface area contributed by atoms with Crippen LogP contribution in [0.1, 0.15) is 23.6 Å². The highest BCUT2D eigenvalue weighted by Crippen LogP contribution is 2.39. The summed E-state index contributed by atoms with van der Waals surface area (Å²) in [6, 6.07) is 9.87. The SMILES string of the molecule is O=C1NC(=O)C(Cc2ccc3c(c2)OCO3)(CN2CC3CC(C2)c2cccc(=O)n2C3)C(=O)N1. The van der Waals surface area contributed by atoms with Gasteiger partial charge in [0.25, 0.3) is 5.56 Å². The number of pyridine rings is 1. The third-order valence-corrected chi connectivity index (χ3v) is 7.32. The molecule has 176 valence electrons. The average molecular weight is 464 g/mol. The van der Waals surface area contributed by atoms with Crippen LogP contribution in [-0.4, -0.2) is 53.7 Å². The predicted octanol–water partition coefficient (Wildman–Crippen LogP) is 0.591. The maximum absolute atomic E-state index is 13.2. The molecule has 0 aliphatic carbocycles. The van der Waals surface area contributed by atoms with E-state index in [-0.39, 0.29) is 37.2 Å². The molecule has 4 aliphatic rings. The van der Waals surface area contributed by atoms with Gasteiger partial charge in [0.1, 0.15) is 5.41 Å². The van der Waals surface area contributed by atoms with Crippen molar-refractivity contribution in [3.05, 3.63) is 58.0 Å². The Morgan fingerprint density at radius 1 is 0.941 bits per heavy atom. The molecule has 2 saturated heterocycles. The van der Waals surface area contributed by atoms with Gasteiger partial charge in [-0.25, -0.2) is 4.79 Å². The average Bonchev–Trinajstić information content (AvgIpc) is 3.26. The Bertz CT molecular complexity index is 1250. The van der Waals surface area contributed by atoms with Gasteiger partial charge in [0.2, 0.25) is 18.6 Å². The van der Waals surface area contributed by atoms with Crippen molar-refractivity contribution in [2.45, 2.75) is 25.3 Å². The van der Waals surface area contributed by atoms with Crippen LogP contribution in [0, 0.1) is 11.3 Å². The van der Waals surface area contributed by atoms with Crippen molar-refractivity contribution in [2.24, 2.45) is 11.3 Å². The molecule has 10 heteroatoms. The quantitative estimate of drug-likeness (QED) is 0.636. The summed E-state index contributed by atoms with van der Waals surface area (Å²) in [5.41, 5.74) is 0.248. The summed E-state index contributed by atoms with van der Waals surface area (Å²) in [4.78, 5) is 52.8. The zero-order valence-electron chi connectivity index (χ0n) is 18.4. The lowest BCUT2D eigenvalue weighted by molar-refractivity contribution is -0.146. The van der Waals surface area contributed by atoms with Gasteiger partial charge in [-0.2, -0.15) is 0 Å². The van der Waals surface area contributed by atoms with Crippen LogP contribution >= 0.6 is 0 Å². The first kappa shape index (κ1) is 20.9. The second kappa shape index (κ2) is 7.69. The molecule has 2 N–H and O–H groups in total. The lowest BCUT2D eigenvalue weighted by Gasteiger charge is -2.46. The van der Waals surface area contributed by atoms with Crippen LogP contribution in [0.5, 0.6) is 11.5 Å². The largest absolute Gasteiger partial charge is 0.454 e. The number of ether oxygens (including phenoxy) is 2. The molecular weight excluding hydrogens is 440 g/mol. The van der Waals surface area contributed by atoms with E-state index >= 15 is 0 Å². The van der Waals surface area contributed by atoms with Gasteiger partial charge in [-0.15, -0.1) is 0 Å². The first-order chi connectivity index (χ1) is 16.4. The van der Waals surface area contributed by atoms with Crippen LogP contribution in [-0.2, 0) is 22.6 Å². The van der Waals surface area contributed by atoms with Crippen LogP contribution in [0.25, 0.3) is 0 Å². The maximum Gasteiger partial charge on any atom is 0.328 e. The van der Waals surface area contributed by atoms with E-state index in [4.69, 9.17) is 9.47 Å². The molecule has 5 heterocycles. The zero-order chi connectivity index (χ0) is 23.4. The maximum atomic E-state index is 13.2. The first-order valence-corrected chi connectivity index (χ1v) is 11.4. The lowest BCUT2D eigenvalue weighted by Crippen LogP contribution is -2.67. The number of fused-ring (bicyclic) bond motifs is 5. The number of hydrogen-bond donors (Lipinski definition) is 2. The molecule has 2 fully saturated rings. The molecule has 0 radical (unpaired) electrons. The highest BCUT2D eigenvalue weighted by molar-refractivity contribution is 6.19. The van der Waals surface area contributed by atoms with Crippen molar-refractivity contribution in [3.63, 3.8) is 0 Å². The minimum Gasteiger partial charge on any atom is -0.454 e. The molecule has 0 spiro atoms. The van der Waals surface area contributed by atoms with Gasteiger partial charge in [0.15, 0.2) is 11.5 Å². The number of hydrogen-bond acceptors (Lipinski definition) is 7. The van der Waals surface area contributed by atoms with Crippen molar-refractivity contribution in [1.29, 1.82) is 0 Å². The molecule has 1 aromatic carbocycles. The van der Waals surface area contributed by atoms with E-state index in [9.17, 15) is 19.2 Å². The van der Waals surface area contributed by atoms with Gasteiger partial charge in [-0.1, -0.05) is 12.1 Å². The Balaban J connectivity index is 1.31. The van der Waals surface area contributed by atoms with Crippen LogP contribution in [0.15, 0.2) is 41.2 Å². The molecule has 4 aliphatic heterocycles. The molecule has 2 unspecified atom stereocenters. The Labute approximate surface area is 194 Å². The number of benzene rings is 1. The Morgan fingerprint density at radius 2 is 1.74 bits per heavy atom. The van der Waals surface area contributed by atoms with E-state index in [1.807, 2.05) is 10.6 Å². The minimum absolute atomic E-state index is 0.00415. The predicted molar refractivity (Wildman–Crippen MR) is 118 cm³/mol. The number of nitrogens with zero attached hydrogens (tertiary/aromatic N) is 2. The van der Waals surface area contributed by atoms with Gasteiger partial charge in [0, 0.05) is 43.9 Å². The lowest BCUT2D eigenvalue weighted by atomic mass is 9.76. The fourth-order valence-corrected chi connectivity index (χ4v) is 5.85. The normalized spacial score (nSPS) is 24.9. The van der Waals surface area contributed by atoms with Gasteiger partial charge in [0.05, 0.1) is 0 Å². The number of rotatable bonds is 4. The van der Waals surface area contributed by atoms with E-state index in [1.54, 1.807) is 30.3 Å². The number of nitrogens with one attached hydrogen (secondary N) is 2. The molecule has 10 nitrogen and oxygen atoms in total. The van der Waals surface area contributed by atoms with Gasteiger partial charge >= 0.3 is 6.03 Å². The highest BCUT2D eigenvalue weighted by atomic mass is 16.7. The number of likely N-dealkylation sites (tertiary alicyclic amines) is 1. The highest BCUT2D eigenvalue weighted by Gasteiger charge is 2.52. The summed E-state index contributed by atoms with van der Waals surface area (Å²) in [5.74, 6) is 0.348. The standard InChI is InChI=1S/C24H24N4O6/c29-20-3-1-2-17-16-6-15(10-28(17)20)9-27(11-16)12-24(21(30)25-23(32)26-22(24)31)8-14-4-5-18-19(7-14)34-13-33-18/h1-5,7,15-16H,6,8-13H2,(H2,25,26,30,31,32). The molecule has 4 amide bonds. The fraction of sp³-hybridized carbons (Fsp3) is 0.417. The number of amides is 4. The van der Waals surface area contributed by atoms with E-state index in [2.05, 4.69) is 15.5 Å². The molecule has 0 saturated carbocycles. The van der Waals surface area contributed by atoms with E-state index in [0.717, 1.165) is 17.7 Å². The Morgan fingerprint density at radius 3 is 2.56 bits per heavy atom. The Kier molecular flexibility index (Phi) is 4.73. The van der Waals surface area contributed by atoms with Crippen molar-refractivity contribution in [2.75, 3.05) is 26.4 Å².